The van der Waals surface area contributed by atoms with Crippen LogP contribution in [0, 0.1) is 0 Å². The van der Waals surface area contributed by atoms with Gasteiger partial charge in [-0.05, 0) is 6.42 Å². The second kappa shape index (κ2) is 6.12. The van der Waals surface area contributed by atoms with Gasteiger partial charge in [-0.25, -0.2) is 0 Å². The quantitative estimate of drug-likeness (QED) is 0.519. The fourth-order valence-corrected chi connectivity index (χ4v) is 41.9. The van der Waals surface area contributed by atoms with Gasteiger partial charge in [0, 0.05) is 6.61 Å². The Morgan fingerprint density at radius 3 is 2.71 bits per heavy atom. The Balaban J connectivity index is 2.67. The van der Waals surface area contributed by atoms with Gasteiger partial charge in [-0.15, -0.1) is 0 Å². The lowest BCUT2D eigenvalue weighted by Gasteiger charge is -2.08. The number of rotatable bonds is 0. The van der Waals surface area contributed by atoms with Gasteiger partial charge in [0.2, 0.25) is 9.28 Å². The van der Waals surface area contributed by atoms with Gasteiger partial charge in [0.1, 0.15) is 0 Å². The van der Waals surface area contributed by atoms with Gasteiger partial charge in [0.05, 0.1) is 8.31 Å². The van der Waals surface area contributed by atoms with E-state index >= 15 is 0 Å². The van der Waals surface area contributed by atoms with Crippen LogP contribution in [-0.2, 0) is 17.8 Å². The van der Waals surface area contributed by atoms with Crippen molar-refractivity contribution < 1.29 is 17.8 Å². The van der Waals surface area contributed by atoms with Gasteiger partial charge in [-0.2, -0.15) is 0 Å². The highest BCUT2D eigenvalue weighted by atomic mass is 29.9. The van der Waals surface area contributed by atoms with Gasteiger partial charge in [-0.3, -0.25) is 0 Å². The van der Waals surface area contributed by atoms with Crippen molar-refractivity contribution in [3.63, 3.8) is 0 Å². The van der Waals surface area contributed by atoms with E-state index in [0.29, 0.717) is 6.61 Å². The average Bonchev–Trinajstić information content (AvgIpc) is 2.19. The van der Waals surface area contributed by atoms with Crippen molar-refractivity contribution in [2.45, 2.75) is 25.4 Å². The molecule has 1 atom stereocenters. The van der Waals surface area contributed by atoms with E-state index in [-0.39, 0.29) is 0 Å². The predicted molar refractivity (Wildman–Crippen MR) is 60.9 cm³/mol. The summed E-state index contributed by atoms with van der Waals surface area (Å²) in [5.41, 5.74) is 0. The van der Waals surface area contributed by atoms with Crippen LogP contribution in [0.25, 0.3) is 0 Å². The second-order valence-corrected chi connectivity index (χ2v) is 27.4. The molecule has 1 unspecified atom stereocenters. The minimum absolute atomic E-state index is 0.666. The van der Waals surface area contributed by atoms with Crippen molar-refractivity contribution in [2.75, 3.05) is 6.61 Å². The third kappa shape index (κ3) is 3.54. The van der Waals surface area contributed by atoms with Crippen LogP contribution in [0.15, 0.2) is 0 Å². The molecule has 0 N–H and O–H groups in total. The largest absolute Gasteiger partial charge is 0.420 e. The molecule has 1 aliphatic heterocycles. The summed E-state index contributed by atoms with van der Waals surface area (Å²) in [6, 6.07) is 0.967. The summed E-state index contributed by atoms with van der Waals surface area (Å²) >= 11 is 0. The van der Waals surface area contributed by atoms with Crippen molar-refractivity contribution in [2.24, 2.45) is 0 Å². The molecule has 14 heavy (non-hydrogen) atoms. The first-order valence-corrected chi connectivity index (χ1v) is 17.7. The Morgan fingerprint density at radius 2 is 2.00 bits per heavy atom. The Kier molecular flexibility index (Phi) is 5.47. The molecule has 0 radical (unpaired) electrons. The van der Waals surface area contributed by atoms with Crippen molar-refractivity contribution in [3.05, 3.63) is 0 Å². The van der Waals surface area contributed by atoms with Crippen molar-refractivity contribution in [3.8, 4) is 0 Å². The van der Waals surface area contributed by atoms with Crippen LogP contribution >= 0.6 is 0 Å². The molecule has 0 aromatic carbocycles. The zero-order chi connectivity index (χ0) is 10.6. The molecule has 1 fully saturated rings. The maximum absolute atomic E-state index is 11.7. The summed E-state index contributed by atoms with van der Waals surface area (Å²) in [4.78, 5) is 0. The summed E-state index contributed by atoms with van der Waals surface area (Å²) < 4.78 is 40.1. The highest BCUT2D eigenvalue weighted by Crippen LogP contribution is 2.03. The van der Waals surface area contributed by atoms with Crippen LogP contribution in [-0.4, -0.2) is 47.4 Å². The van der Waals surface area contributed by atoms with Crippen LogP contribution in [0.2, 0.25) is 12.6 Å². The molecule has 9 heteroatoms. The van der Waals surface area contributed by atoms with E-state index in [1.54, 1.807) is 0 Å². The van der Waals surface area contributed by atoms with Crippen LogP contribution in [0.5, 0.6) is 0 Å². The molecular weight excluding hydrogens is 264 g/mol. The zero-order valence-electron chi connectivity index (χ0n) is 8.25. The van der Waals surface area contributed by atoms with Crippen molar-refractivity contribution in [1.82, 2.24) is 0 Å². The predicted octanol–water partition coefficient (Wildman–Crippen LogP) is -1.26. The molecule has 0 bridgehead atoms. The SMILES string of the molecule is C[SiH]1CCCCO[SiH2][Si](=O)[Si](=O)[Si]1=O. The summed E-state index contributed by atoms with van der Waals surface area (Å²) in [5.74, 6) is 0. The first-order valence-electron chi connectivity index (χ1n) is 4.82. The van der Waals surface area contributed by atoms with E-state index in [0.717, 1.165) is 18.9 Å². The van der Waals surface area contributed by atoms with Gasteiger partial charge < -0.3 is 17.8 Å². The number of hydrogen-bond acceptors (Lipinski definition) is 4. The second-order valence-electron chi connectivity index (χ2n) is 3.57. The molecule has 1 rings (SSSR count). The molecule has 0 aromatic rings. The van der Waals surface area contributed by atoms with Gasteiger partial charge >= 0.3 is 23.2 Å². The van der Waals surface area contributed by atoms with Crippen molar-refractivity contribution >= 4 is 40.7 Å². The fourth-order valence-electron chi connectivity index (χ4n) is 1.38. The van der Waals surface area contributed by atoms with Gasteiger partial charge in [0.25, 0.3) is 0 Å². The van der Waals surface area contributed by atoms with E-state index in [4.69, 9.17) is 4.43 Å². The molecule has 0 aromatic heterocycles. The Labute approximate surface area is 90.7 Å². The topological polar surface area (TPSA) is 60.4 Å². The monoisotopic (exact) mass is 278 g/mol. The normalized spacial score (nSPS) is 28.1. The smallest absolute Gasteiger partial charge is 0.367 e. The third-order valence-corrected chi connectivity index (χ3v) is 35.5. The highest BCUT2D eigenvalue weighted by Gasteiger charge is 2.34. The lowest BCUT2D eigenvalue weighted by molar-refractivity contribution is 0.333. The lowest BCUT2D eigenvalue weighted by Crippen LogP contribution is -2.44. The van der Waals surface area contributed by atoms with Crippen molar-refractivity contribution in [1.29, 1.82) is 0 Å². The van der Waals surface area contributed by atoms with Crippen LogP contribution in [0.4, 0.5) is 0 Å². The standard InChI is InChI=1S/C5H14O4Si5/c1-11-5-3-2-4-9-10-12(6)14(8)13(11)7/h11H,2-5,10H2,1H3. The van der Waals surface area contributed by atoms with E-state index in [1.165, 1.54) is 0 Å². The molecule has 1 aliphatic rings. The first-order chi connectivity index (χ1) is 6.63. The molecule has 78 valence electrons. The average molecular weight is 279 g/mol. The molecule has 1 heterocycles. The Hall–Kier alpha value is 0.444. The van der Waals surface area contributed by atoms with E-state index in [1.807, 2.05) is 6.55 Å². The van der Waals surface area contributed by atoms with E-state index in [9.17, 15) is 13.4 Å². The molecule has 1 saturated heterocycles. The molecule has 0 saturated carbocycles. The summed E-state index contributed by atoms with van der Waals surface area (Å²) in [5, 5.41) is 0. The summed E-state index contributed by atoms with van der Waals surface area (Å²) in [6.07, 6.45) is 2.02. The molecule has 0 amide bonds. The molecule has 0 aliphatic carbocycles. The molecule has 4 nitrogen and oxygen atoms in total. The Bertz CT molecular complexity index is 267. The highest BCUT2D eigenvalue weighted by molar-refractivity contribution is 7.60. The minimum Gasteiger partial charge on any atom is -0.420 e. The summed E-state index contributed by atoms with van der Waals surface area (Å²) in [6.45, 7) is 2.67. The minimum atomic E-state index is -2.25. The van der Waals surface area contributed by atoms with E-state index in [2.05, 4.69) is 0 Å². The maximum Gasteiger partial charge on any atom is 0.367 e. The van der Waals surface area contributed by atoms with Crippen LogP contribution in [0.1, 0.15) is 12.8 Å². The zero-order valence-corrected chi connectivity index (χ0v) is 13.8. The molecule has 0 spiro atoms. The van der Waals surface area contributed by atoms with Crippen LogP contribution in [0.3, 0.4) is 0 Å². The van der Waals surface area contributed by atoms with Gasteiger partial charge in [-0.1, -0.05) is 19.0 Å². The lowest BCUT2D eigenvalue weighted by atomic mass is 10.4. The number of hydrogen-bond donors (Lipinski definition) is 0. The molecular formula is C5H14O4Si5. The fraction of sp³-hybridized carbons (Fsp3) is 1.00. The van der Waals surface area contributed by atoms with E-state index < -0.39 is 40.7 Å². The summed E-state index contributed by atoms with van der Waals surface area (Å²) in [7, 11) is -8.77. The van der Waals surface area contributed by atoms with Crippen LogP contribution < -0.4 is 0 Å². The maximum atomic E-state index is 11.7. The third-order valence-electron chi connectivity index (χ3n) is 2.33. The first kappa shape index (κ1) is 12.5. The van der Waals surface area contributed by atoms with Gasteiger partial charge in [0.15, 0.2) is 0 Å². The Morgan fingerprint density at radius 1 is 1.29 bits per heavy atom.